The Hall–Kier alpha value is -3.52. The first-order valence-electron chi connectivity index (χ1n) is 11.6. The monoisotopic (exact) mass is 463 g/mol. The predicted molar refractivity (Wildman–Crippen MR) is 130 cm³/mol. The van der Waals surface area contributed by atoms with Crippen LogP contribution in [0.15, 0.2) is 54.6 Å². The van der Waals surface area contributed by atoms with Gasteiger partial charge in [0.25, 0.3) is 0 Å². The molecule has 2 heterocycles. The molecule has 2 amide bonds. The first kappa shape index (κ1) is 23.6. The van der Waals surface area contributed by atoms with Crippen LogP contribution in [-0.2, 0) is 17.8 Å². The lowest BCUT2D eigenvalue weighted by Crippen LogP contribution is -2.52. The average molecular weight is 464 g/mol. The van der Waals surface area contributed by atoms with Gasteiger partial charge >= 0.3 is 6.03 Å². The molecular weight excluding hydrogens is 433 g/mol. The van der Waals surface area contributed by atoms with Gasteiger partial charge in [-0.1, -0.05) is 48.5 Å². The predicted octanol–water partition coefficient (Wildman–Crippen LogP) is 3.87. The lowest BCUT2D eigenvalue weighted by Gasteiger charge is -2.36. The number of piperazine rings is 1. The number of benzene rings is 2. The largest absolute Gasteiger partial charge is 0.378 e. The van der Waals surface area contributed by atoms with Gasteiger partial charge in [-0.05, 0) is 18.6 Å². The van der Waals surface area contributed by atoms with Gasteiger partial charge in [0, 0.05) is 57.4 Å². The van der Waals surface area contributed by atoms with Crippen LogP contribution in [0.5, 0.6) is 0 Å². The van der Waals surface area contributed by atoms with Crippen LogP contribution in [-0.4, -0.2) is 60.7 Å². The van der Waals surface area contributed by atoms with Gasteiger partial charge in [-0.25, -0.2) is 19.2 Å². The minimum Gasteiger partial charge on any atom is -0.378 e. The molecule has 1 saturated heterocycles. The summed E-state index contributed by atoms with van der Waals surface area (Å²) in [4.78, 5) is 26.0. The third-order valence-electron chi connectivity index (χ3n) is 5.90. The molecule has 0 atom stereocenters. The maximum atomic E-state index is 14.6. The van der Waals surface area contributed by atoms with E-state index in [0.29, 0.717) is 50.5 Å². The summed E-state index contributed by atoms with van der Waals surface area (Å²) in [6.07, 6.45) is 0.353. The van der Waals surface area contributed by atoms with Crippen molar-refractivity contribution in [2.45, 2.75) is 20.0 Å². The van der Waals surface area contributed by atoms with Gasteiger partial charge in [0.2, 0.25) is 0 Å². The average Bonchev–Trinajstić information content (AvgIpc) is 2.87. The number of carbonyl (C=O) groups excluding carboxylic acids is 1. The van der Waals surface area contributed by atoms with Gasteiger partial charge in [0.15, 0.2) is 5.82 Å². The topological polar surface area (TPSA) is 70.6 Å². The number of anilines is 1. The number of hydrogen-bond donors (Lipinski definition) is 1. The third kappa shape index (κ3) is 5.34. The number of halogens is 1. The van der Waals surface area contributed by atoms with Crippen molar-refractivity contribution in [3.8, 4) is 11.4 Å². The molecule has 1 aliphatic rings. The van der Waals surface area contributed by atoms with Crippen molar-refractivity contribution in [1.82, 2.24) is 20.2 Å². The van der Waals surface area contributed by atoms with Gasteiger partial charge in [0.1, 0.15) is 11.6 Å². The molecule has 0 unspecified atom stereocenters. The number of hydrogen-bond acceptors (Lipinski definition) is 5. The molecule has 0 aliphatic carbocycles. The molecule has 4 rings (SSSR count). The van der Waals surface area contributed by atoms with Crippen LogP contribution in [0.2, 0.25) is 0 Å². The molecule has 2 aromatic carbocycles. The van der Waals surface area contributed by atoms with Crippen LogP contribution >= 0.6 is 0 Å². The van der Waals surface area contributed by atoms with E-state index < -0.39 is 0 Å². The van der Waals surface area contributed by atoms with Gasteiger partial charge in [-0.15, -0.1) is 0 Å². The van der Waals surface area contributed by atoms with Crippen molar-refractivity contribution in [3.63, 3.8) is 0 Å². The Morgan fingerprint density at radius 1 is 1.03 bits per heavy atom. The Kier molecular flexibility index (Phi) is 7.69. The first-order valence-corrected chi connectivity index (χ1v) is 11.6. The second-order valence-corrected chi connectivity index (χ2v) is 8.17. The van der Waals surface area contributed by atoms with Crippen LogP contribution in [0.3, 0.4) is 0 Å². The SMILES string of the molecule is CCNC(=O)N1CCN(c2nc(-c3ccccc3)nc(COC)c2Cc2ccccc2F)CC1. The zero-order chi connectivity index (χ0) is 23.9. The molecule has 8 heteroatoms. The molecule has 1 aliphatic heterocycles. The molecule has 0 spiro atoms. The van der Waals surface area contributed by atoms with Crippen LogP contribution < -0.4 is 10.2 Å². The normalized spacial score (nSPS) is 13.7. The highest BCUT2D eigenvalue weighted by Gasteiger charge is 2.26. The highest BCUT2D eigenvalue weighted by atomic mass is 19.1. The number of carbonyl (C=O) groups is 1. The van der Waals surface area contributed by atoms with Crippen LogP contribution in [0.4, 0.5) is 15.0 Å². The molecular formula is C26H30FN5O2. The standard InChI is InChI=1S/C26H30FN5O2/c1-3-28-26(33)32-15-13-31(14-16-32)25-21(17-20-11-7-8-12-22(20)27)23(18-34-2)29-24(30-25)19-9-5-4-6-10-19/h4-12H,3,13-18H2,1-2H3,(H,28,33). The van der Waals surface area contributed by atoms with E-state index in [9.17, 15) is 9.18 Å². The zero-order valence-corrected chi connectivity index (χ0v) is 19.6. The second kappa shape index (κ2) is 11.1. The van der Waals surface area contributed by atoms with Gasteiger partial charge in [-0.2, -0.15) is 0 Å². The number of nitrogens with zero attached hydrogens (tertiary/aromatic N) is 4. The van der Waals surface area contributed by atoms with Gasteiger partial charge in [-0.3, -0.25) is 0 Å². The summed E-state index contributed by atoms with van der Waals surface area (Å²) in [6.45, 7) is 5.20. The number of urea groups is 1. The van der Waals surface area contributed by atoms with Crippen LogP contribution in [0.1, 0.15) is 23.7 Å². The summed E-state index contributed by atoms with van der Waals surface area (Å²) >= 11 is 0. The minimum atomic E-state index is -0.259. The lowest BCUT2D eigenvalue weighted by molar-refractivity contribution is 0.180. The summed E-state index contributed by atoms with van der Waals surface area (Å²) in [7, 11) is 1.63. The molecule has 0 bridgehead atoms. The van der Waals surface area contributed by atoms with E-state index in [1.807, 2.05) is 48.2 Å². The molecule has 1 aromatic heterocycles. The Morgan fingerprint density at radius 3 is 2.41 bits per heavy atom. The first-order chi connectivity index (χ1) is 16.6. The molecule has 7 nitrogen and oxygen atoms in total. The number of amides is 2. The highest BCUT2D eigenvalue weighted by molar-refractivity contribution is 5.74. The van der Waals surface area contributed by atoms with Crippen molar-refractivity contribution in [2.24, 2.45) is 0 Å². The van der Waals surface area contributed by atoms with E-state index in [0.717, 1.165) is 22.6 Å². The summed E-state index contributed by atoms with van der Waals surface area (Å²) in [6, 6.07) is 16.5. The summed E-state index contributed by atoms with van der Waals surface area (Å²) in [5.74, 6) is 1.11. The van der Waals surface area contributed by atoms with Gasteiger partial charge < -0.3 is 19.9 Å². The molecule has 3 aromatic rings. The molecule has 178 valence electrons. The number of ether oxygens (including phenoxy) is 1. The van der Waals surface area contributed by atoms with Crippen molar-refractivity contribution < 1.29 is 13.9 Å². The van der Waals surface area contributed by atoms with E-state index in [1.165, 1.54) is 6.07 Å². The number of methoxy groups -OCH3 is 1. The van der Waals surface area contributed by atoms with Crippen molar-refractivity contribution in [2.75, 3.05) is 44.7 Å². The molecule has 0 radical (unpaired) electrons. The Morgan fingerprint density at radius 2 is 1.74 bits per heavy atom. The smallest absolute Gasteiger partial charge is 0.317 e. The maximum absolute atomic E-state index is 14.6. The summed E-state index contributed by atoms with van der Waals surface area (Å²) < 4.78 is 20.1. The van der Waals surface area contributed by atoms with Gasteiger partial charge in [0.05, 0.1) is 12.3 Å². The Bertz CT molecular complexity index is 1120. The van der Waals surface area contributed by atoms with E-state index >= 15 is 0 Å². The van der Waals surface area contributed by atoms with Crippen molar-refractivity contribution in [3.05, 3.63) is 77.2 Å². The fourth-order valence-corrected chi connectivity index (χ4v) is 4.15. The maximum Gasteiger partial charge on any atom is 0.317 e. The quantitative estimate of drug-likeness (QED) is 0.576. The van der Waals surface area contributed by atoms with E-state index in [2.05, 4.69) is 10.2 Å². The zero-order valence-electron chi connectivity index (χ0n) is 19.6. The number of nitrogens with one attached hydrogen (secondary N) is 1. The van der Waals surface area contributed by atoms with Crippen LogP contribution in [0.25, 0.3) is 11.4 Å². The third-order valence-corrected chi connectivity index (χ3v) is 5.90. The Balaban J connectivity index is 1.74. The van der Waals surface area contributed by atoms with Crippen LogP contribution in [0, 0.1) is 5.82 Å². The fourth-order valence-electron chi connectivity index (χ4n) is 4.15. The van der Waals surface area contributed by atoms with E-state index in [1.54, 1.807) is 19.2 Å². The molecule has 1 fully saturated rings. The fraction of sp³-hybridized carbons (Fsp3) is 0.346. The number of rotatable bonds is 7. The van der Waals surface area contributed by atoms with Crippen molar-refractivity contribution in [1.29, 1.82) is 0 Å². The molecule has 34 heavy (non-hydrogen) atoms. The highest BCUT2D eigenvalue weighted by Crippen LogP contribution is 2.29. The second-order valence-electron chi connectivity index (χ2n) is 8.17. The molecule has 0 saturated carbocycles. The summed E-state index contributed by atoms with van der Waals surface area (Å²) in [5, 5.41) is 2.86. The lowest BCUT2D eigenvalue weighted by atomic mass is 10.0. The number of aromatic nitrogens is 2. The Labute approximate surface area is 199 Å². The van der Waals surface area contributed by atoms with E-state index in [-0.39, 0.29) is 18.5 Å². The van der Waals surface area contributed by atoms with Crippen molar-refractivity contribution >= 4 is 11.8 Å². The summed E-state index contributed by atoms with van der Waals surface area (Å²) in [5.41, 5.74) is 3.07. The van der Waals surface area contributed by atoms with E-state index in [4.69, 9.17) is 14.7 Å². The molecule has 1 N–H and O–H groups in total. The minimum absolute atomic E-state index is 0.0542.